The Bertz CT molecular complexity index is 490. The molecule has 0 N–H and O–H groups in total. The summed E-state index contributed by atoms with van der Waals surface area (Å²) in [5.74, 6) is 3.86. The largest absolute Gasteiger partial charge is 0.466 e. The van der Waals surface area contributed by atoms with Gasteiger partial charge in [0.15, 0.2) is 0 Å². The second-order valence-electron chi connectivity index (χ2n) is 5.24. The second kappa shape index (κ2) is 20.4. The summed E-state index contributed by atoms with van der Waals surface area (Å²) in [6.45, 7) is 4.43. The molecule has 138 valence electrons. The van der Waals surface area contributed by atoms with E-state index in [1.807, 2.05) is 6.92 Å². The Morgan fingerprint density at radius 1 is 0.920 bits per heavy atom. The maximum absolute atomic E-state index is 11.1. The van der Waals surface area contributed by atoms with Crippen LogP contribution in [-0.4, -0.2) is 18.3 Å². The minimum Gasteiger partial charge on any atom is -0.466 e. The normalized spacial score (nSPS) is 11.6. The molecule has 3 heteroatoms. The Kier molecular flexibility index (Phi) is 19.0. The molecule has 25 heavy (non-hydrogen) atoms. The quantitative estimate of drug-likeness (QED) is 0.169. The number of hydrogen-bond donors (Lipinski definition) is 0. The van der Waals surface area contributed by atoms with Crippen LogP contribution in [0, 0.1) is 11.2 Å². The van der Waals surface area contributed by atoms with Crippen molar-refractivity contribution in [3.8, 4) is 11.2 Å². The first-order chi connectivity index (χ1) is 12.3. The average Bonchev–Trinajstić information content (AvgIpc) is 2.61. The number of thioether (sulfide) groups is 1. The van der Waals surface area contributed by atoms with Crippen molar-refractivity contribution >= 4 is 17.7 Å². The van der Waals surface area contributed by atoms with Crippen LogP contribution in [0.3, 0.4) is 0 Å². The summed E-state index contributed by atoms with van der Waals surface area (Å²) in [6, 6.07) is 0. The Hall–Kier alpha value is -1.66. The minimum absolute atomic E-state index is 0.115. The van der Waals surface area contributed by atoms with Gasteiger partial charge in [0.1, 0.15) is 0 Å². The van der Waals surface area contributed by atoms with Gasteiger partial charge in [-0.25, -0.2) is 0 Å². The van der Waals surface area contributed by atoms with Gasteiger partial charge in [-0.05, 0) is 44.3 Å². The van der Waals surface area contributed by atoms with Gasteiger partial charge < -0.3 is 4.74 Å². The summed E-state index contributed by atoms with van der Waals surface area (Å²) >= 11 is 1.57. The molecule has 0 amide bonds. The van der Waals surface area contributed by atoms with E-state index in [9.17, 15) is 4.79 Å². The molecule has 0 atom stereocenters. The molecular weight excluding hydrogens is 328 g/mol. The monoisotopic (exact) mass is 360 g/mol. The SMILES string of the molecule is CC/C=C\C/C=C\C/C=C\C/C=C\CC#CSCCCC(=O)OCC. The van der Waals surface area contributed by atoms with Crippen molar-refractivity contribution in [2.75, 3.05) is 12.4 Å². The zero-order valence-corrected chi connectivity index (χ0v) is 16.5. The number of rotatable bonds is 13. The molecule has 0 aliphatic heterocycles. The third kappa shape index (κ3) is 20.3. The van der Waals surface area contributed by atoms with Crippen molar-refractivity contribution in [3.63, 3.8) is 0 Å². The van der Waals surface area contributed by atoms with Crippen LogP contribution >= 0.6 is 11.8 Å². The highest BCUT2D eigenvalue weighted by Crippen LogP contribution is 2.03. The van der Waals surface area contributed by atoms with Crippen LogP contribution in [0.15, 0.2) is 48.6 Å². The van der Waals surface area contributed by atoms with E-state index in [2.05, 4.69) is 66.7 Å². The van der Waals surface area contributed by atoms with Gasteiger partial charge in [0.2, 0.25) is 0 Å². The van der Waals surface area contributed by atoms with E-state index in [0.717, 1.165) is 44.3 Å². The molecule has 0 saturated heterocycles. The maximum atomic E-state index is 11.1. The van der Waals surface area contributed by atoms with Crippen LogP contribution in [0.25, 0.3) is 0 Å². The molecule has 0 aliphatic rings. The van der Waals surface area contributed by atoms with Crippen molar-refractivity contribution in [1.29, 1.82) is 0 Å². The standard InChI is InChI=1S/C22H32O2S/c1-3-5-6-7-8-9-10-11-12-13-14-15-16-17-20-25-21-18-19-22(23)24-4-2/h5-6,8-9,11-12,14-15H,3-4,7,10,13,16,18-19,21H2,1-2H3/b6-5-,9-8-,12-11-,15-14-. The minimum atomic E-state index is -0.115. The molecule has 0 fully saturated rings. The lowest BCUT2D eigenvalue weighted by Crippen LogP contribution is -2.03. The summed E-state index contributed by atoms with van der Waals surface area (Å²) in [5.41, 5.74) is 0. The predicted octanol–water partition coefficient (Wildman–Crippen LogP) is 6.22. The van der Waals surface area contributed by atoms with Gasteiger partial charge in [0.25, 0.3) is 0 Å². The highest BCUT2D eigenvalue weighted by atomic mass is 32.2. The van der Waals surface area contributed by atoms with E-state index in [4.69, 9.17) is 4.74 Å². The molecule has 0 rings (SSSR count). The zero-order valence-electron chi connectivity index (χ0n) is 15.7. The first kappa shape index (κ1) is 23.3. The number of hydrogen-bond acceptors (Lipinski definition) is 3. The summed E-state index contributed by atoms with van der Waals surface area (Å²) in [4.78, 5) is 11.1. The lowest BCUT2D eigenvalue weighted by Gasteiger charge is -1.98. The number of esters is 1. The van der Waals surface area contributed by atoms with Crippen LogP contribution < -0.4 is 0 Å². The summed E-state index contributed by atoms with van der Waals surface area (Å²) in [5, 5.41) is 3.06. The van der Waals surface area contributed by atoms with E-state index in [1.165, 1.54) is 0 Å². The van der Waals surface area contributed by atoms with Gasteiger partial charge in [-0.3, -0.25) is 4.79 Å². The molecule has 0 radical (unpaired) electrons. The fourth-order valence-electron chi connectivity index (χ4n) is 1.79. The summed E-state index contributed by atoms with van der Waals surface area (Å²) in [6.07, 6.45) is 23.6. The third-order valence-corrected chi connectivity index (χ3v) is 3.80. The fourth-order valence-corrected chi connectivity index (χ4v) is 2.36. The van der Waals surface area contributed by atoms with Gasteiger partial charge in [-0.1, -0.05) is 73.2 Å². The highest BCUT2D eigenvalue weighted by molar-refractivity contribution is 8.03. The summed E-state index contributed by atoms with van der Waals surface area (Å²) < 4.78 is 4.87. The first-order valence-corrected chi connectivity index (χ1v) is 10.1. The van der Waals surface area contributed by atoms with E-state index >= 15 is 0 Å². The molecule has 0 aromatic rings. The van der Waals surface area contributed by atoms with Gasteiger partial charge in [0, 0.05) is 18.6 Å². The molecular formula is C22H32O2S. The molecule has 0 bridgehead atoms. The number of carbonyl (C=O) groups is 1. The smallest absolute Gasteiger partial charge is 0.305 e. The molecule has 0 spiro atoms. The van der Waals surface area contributed by atoms with Crippen molar-refractivity contribution in [1.82, 2.24) is 0 Å². The van der Waals surface area contributed by atoms with Crippen molar-refractivity contribution in [3.05, 3.63) is 48.6 Å². The second-order valence-corrected chi connectivity index (χ2v) is 6.14. The Labute approximate surface area is 158 Å². The van der Waals surface area contributed by atoms with Crippen LogP contribution in [0.1, 0.15) is 58.8 Å². The number of allylic oxidation sites excluding steroid dienone is 8. The molecule has 0 aromatic carbocycles. The Morgan fingerprint density at radius 3 is 2.12 bits per heavy atom. The van der Waals surface area contributed by atoms with E-state index in [0.29, 0.717) is 13.0 Å². The lowest BCUT2D eigenvalue weighted by atomic mass is 10.2. The Morgan fingerprint density at radius 2 is 1.52 bits per heavy atom. The van der Waals surface area contributed by atoms with Crippen molar-refractivity contribution in [2.24, 2.45) is 0 Å². The van der Waals surface area contributed by atoms with Gasteiger partial charge in [0.05, 0.1) is 6.61 Å². The van der Waals surface area contributed by atoms with E-state index in [1.54, 1.807) is 11.8 Å². The molecule has 0 heterocycles. The molecule has 0 aromatic heterocycles. The zero-order chi connectivity index (χ0) is 18.4. The lowest BCUT2D eigenvalue weighted by molar-refractivity contribution is -0.143. The first-order valence-electron chi connectivity index (χ1n) is 9.16. The van der Waals surface area contributed by atoms with Gasteiger partial charge >= 0.3 is 5.97 Å². The average molecular weight is 361 g/mol. The van der Waals surface area contributed by atoms with Crippen molar-refractivity contribution < 1.29 is 9.53 Å². The van der Waals surface area contributed by atoms with Crippen molar-refractivity contribution in [2.45, 2.75) is 58.8 Å². The number of carbonyl (C=O) groups excluding carboxylic acids is 1. The molecule has 0 saturated carbocycles. The summed E-state index contributed by atoms with van der Waals surface area (Å²) in [7, 11) is 0. The van der Waals surface area contributed by atoms with Gasteiger partial charge in [-0.15, -0.1) is 0 Å². The fraction of sp³-hybridized carbons (Fsp3) is 0.500. The predicted molar refractivity (Wildman–Crippen MR) is 111 cm³/mol. The van der Waals surface area contributed by atoms with Crippen LogP contribution in [-0.2, 0) is 9.53 Å². The Balaban J connectivity index is 3.50. The third-order valence-electron chi connectivity index (χ3n) is 3.02. The molecule has 0 aliphatic carbocycles. The van der Waals surface area contributed by atoms with E-state index in [-0.39, 0.29) is 5.97 Å². The number of ether oxygens (including phenoxy) is 1. The maximum Gasteiger partial charge on any atom is 0.305 e. The highest BCUT2D eigenvalue weighted by Gasteiger charge is 1.99. The van der Waals surface area contributed by atoms with Crippen LogP contribution in [0.5, 0.6) is 0 Å². The molecule has 0 unspecified atom stereocenters. The molecule has 2 nitrogen and oxygen atoms in total. The van der Waals surface area contributed by atoms with Crippen LogP contribution in [0.4, 0.5) is 0 Å². The van der Waals surface area contributed by atoms with E-state index < -0.39 is 0 Å². The van der Waals surface area contributed by atoms with Gasteiger partial charge in [-0.2, -0.15) is 0 Å². The van der Waals surface area contributed by atoms with Crippen LogP contribution in [0.2, 0.25) is 0 Å². The topological polar surface area (TPSA) is 26.3 Å².